The molecule has 2 atom stereocenters. The van der Waals surface area contributed by atoms with Crippen LogP contribution in [0.25, 0.3) is 0 Å². The van der Waals surface area contributed by atoms with Crippen LogP contribution in [-0.4, -0.2) is 48.2 Å². The molecule has 1 heterocycles. The van der Waals surface area contributed by atoms with Gasteiger partial charge < -0.3 is 15.3 Å². The predicted molar refractivity (Wildman–Crippen MR) is 78.5 cm³/mol. The Labute approximate surface area is 122 Å². The molecule has 1 aliphatic carbocycles. The molecule has 0 aromatic carbocycles. The first-order valence-corrected chi connectivity index (χ1v) is 7.33. The number of halogens is 1. The third-order valence-corrected chi connectivity index (χ3v) is 4.38. The van der Waals surface area contributed by atoms with Crippen molar-refractivity contribution in [3.63, 3.8) is 0 Å². The molecule has 2 fully saturated rings. The molecule has 2 rings (SSSR count). The lowest BCUT2D eigenvalue weighted by Crippen LogP contribution is -2.42. The van der Waals surface area contributed by atoms with E-state index in [4.69, 9.17) is 0 Å². The average Bonchev–Trinajstić information content (AvgIpc) is 2.83. The molecular formula is C14H27ClN2O2. The Balaban J connectivity index is 0.00000180. The second kappa shape index (κ2) is 8.08. The highest BCUT2D eigenvalue weighted by Gasteiger charge is 2.30. The number of β-amino-alcohol motifs (C(OH)–C–C–N with tert-alkyl or cyclic N) is 1. The van der Waals surface area contributed by atoms with Crippen LogP contribution in [0.4, 0.5) is 0 Å². The fraction of sp³-hybridized carbons (Fsp3) is 0.929. The summed E-state index contributed by atoms with van der Waals surface area (Å²) in [6.45, 7) is 1.41. The summed E-state index contributed by atoms with van der Waals surface area (Å²) in [5.41, 5.74) is 0. The van der Waals surface area contributed by atoms with Crippen molar-refractivity contribution >= 4 is 18.3 Å². The summed E-state index contributed by atoms with van der Waals surface area (Å²) in [4.78, 5) is 14.0. The van der Waals surface area contributed by atoms with Gasteiger partial charge in [-0.05, 0) is 18.8 Å². The third-order valence-electron chi connectivity index (χ3n) is 4.38. The predicted octanol–water partition coefficient (Wildman–Crippen LogP) is 1.56. The van der Waals surface area contributed by atoms with E-state index in [1.165, 1.54) is 32.1 Å². The summed E-state index contributed by atoms with van der Waals surface area (Å²) in [5, 5.41) is 12.5. The highest BCUT2D eigenvalue weighted by molar-refractivity contribution is 5.85. The van der Waals surface area contributed by atoms with E-state index in [0.717, 1.165) is 18.9 Å². The van der Waals surface area contributed by atoms with E-state index in [9.17, 15) is 9.90 Å². The second-order valence-corrected chi connectivity index (χ2v) is 5.90. The molecule has 1 aliphatic heterocycles. The number of aliphatic hydroxyl groups excluding tert-OH is 1. The number of rotatable bonds is 4. The quantitative estimate of drug-likeness (QED) is 0.826. The molecule has 2 aliphatic rings. The number of hydrogen-bond donors (Lipinski definition) is 2. The first-order chi connectivity index (χ1) is 8.66. The summed E-state index contributed by atoms with van der Waals surface area (Å²) in [6, 6.07) is -0.170. The van der Waals surface area contributed by atoms with Crippen molar-refractivity contribution in [1.82, 2.24) is 10.2 Å². The Morgan fingerprint density at radius 1 is 1.32 bits per heavy atom. The Hall–Kier alpha value is -0.320. The van der Waals surface area contributed by atoms with Crippen LogP contribution < -0.4 is 5.32 Å². The minimum Gasteiger partial charge on any atom is -0.392 e. The Bertz CT molecular complexity index is 283. The average molecular weight is 291 g/mol. The fourth-order valence-corrected chi connectivity index (χ4v) is 3.13. The number of nitrogens with zero attached hydrogens (tertiary/aromatic N) is 1. The van der Waals surface area contributed by atoms with E-state index < -0.39 is 0 Å². The zero-order valence-electron chi connectivity index (χ0n) is 11.8. The molecule has 19 heavy (non-hydrogen) atoms. The summed E-state index contributed by atoms with van der Waals surface area (Å²) in [5.74, 6) is 0.957. The smallest absolute Gasteiger partial charge is 0.239 e. The van der Waals surface area contributed by atoms with E-state index in [0.29, 0.717) is 13.0 Å². The number of hydrogen-bond acceptors (Lipinski definition) is 3. The topological polar surface area (TPSA) is 52.6 Å². The van der Waals surface area contributed by atoms with Crippen LogP contribution >= 0.6 is 12.4 Å². The van der Waals surface area contributed by atoms with Gasteiger partial charge in [0.15, 0.2) is 0 Å². The Kier molecular flexibility index (Phi) is 7.11. The Morgan fingerprint density at radius 3 is 2.58 bits per heavy atom. The van der Waals surface area contributed by atoms with Crippen LogP contribution in [0.15, 0.2) is 0 Å². The van der Waals surface area contributed by atoms with Gasteiger partial charge in [-0.1, -0.05) is 32.1 Å². The van der Waals surface area contributed by atoms with Gasteiger partial charge in [-0.3, -0.25) is 4.79 Å². The van der Waals surface area contributed by atoms with Crippen molar-refractivity contribution in [1.29, 1.82) is 0 Å². The summed E-state index contributed by atoms with van der Waals surface area (Å²) < 4.78 is 0. The van der Waals surface area contributed by atoms with Crippen LogP contribution in [0.2, 0.25) is 0 Å². The van der Waals surface area contributed by atoms with Crippen molar-refractivity contribution in [2.24, 2.45) is 5.92 Å². The lowest BCUT2D eigenvalue weighted by Gasteiger charge is -2.26. The van der Waals surface area contributed by atoms with Crippen molar-refractivity contribution in [3.8, 4) is 0 Å². The molecule has 0 spiro atoms. The molecule has 2 N–H and O–H groups in total. The minimum atomic E-state index is -0.356. The normalized spacial score (nSPS) is 27.9. The largest absolute Gasteiger partial charge is 0.392 e. The van der Waals surface area contributed by atoms with E-state index in [1.807, 2.05) is 11.9 Å². The van der Waals surface area contributed by atoms with Crippen molar-refractivity contribution in [2.75, 3.05) is 20.1 Å². The number of carbonyl (C=O) groups excluding carboxylic acids is 1. The first kappa shape index (κ1) is 16.7. The SMILES string of the molecule is CN(CCC1CCCCC1)C(=O)C1CC(O)CN1.Cl. The molecule has 0 aromatic rings. The van der Waals surface area contributed by atoms with Gasteiger partial charge in [-0.25, -0.2) is 0 Å². The summed E-state index contributed by atoms with van der Waals surface area (Å²) in [6.07, 6.45) is 8.12. The van der Waals surface area contributed by atoms with Crippen molar-refractivity contribution in [2.45, 2.75) is 57.1 Å². The maximum absolute atomic E-state index is 12.1. The van der Waals surface area contributed by atoms with Gasteiger partial charge in [-0.15, -0.1) is 12.4 Å². The maximum Gasteiger partial charge on any atom is 0.239 e. The van der Waals surface area contributed by atoms with Crippen LogP contribution in [0.3, 0.4) is 0 Å². The van der Waals surface area contributed by atoms with E-state index in [1.54, 1.807) is 0 Å². The summed E-state index contributed by atoms with van der Waals surface area (Å²) >= 11 is 0. The number of carbonyl (C=O) groups is 1. The molecule has 5 heteroatoms. The van der Waals surface area contributed by atoms with Gasteiger partial charge >= 0.3 is 0 Å². The lowest BCUT2D eigenvalue weighted by atomic mass is 9.87. The molecule has 0 aromatic heterocycles. The van der Waals surface area contributed by atoms with E-state index in [2.05, 4.69) is 5.32 Å². The van der Waals surface area contributed by atoms with Crippen LogP contribution in [0.1, 0.15) is 44.9 Å². The molecule has 112 valence electrons. The number of aliphatic hydroxyl groups is 1. The van der Waals surface area contributed by atoms with Gasteiger partial charge in [-0.2, -0.15) is 0 Å². The molecule has 1 saturated heterocycles. The van der Waals surface area contributed by atoms with Gasteiger partial charge in [0.1, 0.15) is 0 Å². The van der Waals surface area contributed by atoms with Gasteiger partial charge in [0.05, 0.1) is 12.1 Å². The van der Waals surface area contributed by atoms with Gasteiger partial charge in [0.25, 0.3) is 0 Å². The zero-order chi connectivity index (χ0) is 13.0. The van der Waals surface area contributed by atoms with E-state index in [-0.39, 0.29) is 30.5 Å². The molecule has 0 radical (unpaired) electrons. The standard InChI is InChI=1S/C14H26N2O2.ClH/c1-16(8-7-11-5-3-2-4-6-11)14(18)13-9-12(17)10-15-13;/h11-13,15,17H,2-10H2,1H3;1H. The lowest BCUT2D eigenvalue weighted by molar-refractivity contribution is -0.132. The molecule has 0 bridgehead atoms. The molecule has 2 unspecified atom stereocenters. The maximum atomic E-state index is 12.1. The van der Waals surface area contributed by atoms with Crippen LogP contribution in [0.5, 0.6) is 0 Å². The van der Waals surface area contributed by atoms with Crippen molar-refractivity contribution in [3.05, 3.63) is 0 Å². The molecular weight excluding hydrogens is 264 g/mol. The number of nitrogens with one attached hydrogen (secondary N) is 1. The van der Waals surface area contributed by atoms with Crippen LogP contribution in [-0.2, 0) is 4.79 Å². The molecule has 4 nitrogen and oxygen atoms in total. The monoisotopic (exact) mass is 290 g/mol. The number of likely N-dealkylation sites (N-methyl/N-ethyl adjacent to an activating group) is 1. The second-order valence-electron chi connectivity index (χ2n) is 5.90. The van der Waals surface area contributed by atoms with Crippen molar-refractivity contribution < 1.29 is 9.90 Å². The van der Waals surface area contributed by atoms with E-state index >= 15 is 0 Å². The fourth-order valence-electron chi connectivity index (χ4n) is 3.13. The Morgan fingerprint density at radius 2 is 2.00 bits per heavy atom. The highest BCUT2D eigenvalue weighted by Crippen LogP contribution is 2.26. The van der Waals surface area contributed by atoms with Gasteiger partial charge in [0.2, 0.25) is 5.91 Å². The van der Waals surface area contributed by atoms with Gasteiger partial charge in [0, 0.05) is 20.1 Å². The van der Waals surface area contributed by atoms with Crippen LogP contribution in [0, 0.1) is 5.92 Å². The zero-order valence-corrected chi connectivity index (χ0v) is 12.6. The minimum absolute atomic E-state index is 0. The molecule has 1 saturated carbocycles. The highest BCUT2D eigenvalue weighted by atomic mass is 35.5. The molecule has 1 amide bonds. The first-order valence-electron chi connectivity index (χ1n) is 7.33. The number of amides is 1. The summed E-state index contributed by atoms with van der Waals surface area (Å²) in [7, 11) is 1.89. The third kappa shape index (κ3) is 4.93.